The third kappa shape index (κ3) is 1.88. The maximum atomic E-state index is 9.91. The summed E-state index contributed by atoms with van der Waals surface area (Å²) >= 11 is 0. The maximum Gasteiger partial charge on any atom is 0.0807 e. The highest BCUT2D eigenvalue weighted by atomic mass is 16.3. The summed E-state index contributed by atoms with van der Waals surface area (Å²) in [6, 6.07) is 2.44. The summed E-state index contributed by atoms with van der Waals surface area (Å²) in [7, 11) is 0. The van der Waals surface area contributed by atoms with Crippen LogP contribution in [0.15, 0.2) is 12.3 Å². The van der Waals surface area contributed by atoms with Gasteiger partial charge in [0.25, 0.3) is 0 Å². The minimum atomic E-state index is -0.270. The van der Waals surface area contributed by atoms with Crippen LogP contribution in [0, 0.1) is 12.3 Å². The van der Waals surface area contributed by atoms with Crippen LogP contribution in [0.1, 0.15) is 56.0 Å². The van der Waals surface area contributed by atoms with Crippen molar-refractivity contribution in [1.82, 2.24) is 4.57 Å². The zero-order valence-electron chi connectivity index (χ0n) is 9.82. The van der Waals surface area contributed by atoms with E-state index >= 15 is 0 Å². The van der Waals surface area contributed by atoms with Crippen molar-refractivity contribution in [3.05, 3.63) is 23.5 Å². The van der Waals surface area contributed by atoms with E-state index in [1.807, 2.05) is 0 Å². The molecule has 0 saturated heterocycles. The minimum Gasteiger partial charge on any atom is -0.388 e. The average Bonchev–Trinajstić information content (AvgIpc) is 2.71. The summed E-state index contributed by atoms with van der Waals surface area (Å²) in [6.07, 6.45) is 12.1. The van der Waals surface area contributed by atoms with E-state index in [0.717, 1.165) is 37.7 Å². The second-order valence-electron chi connectivity index (χ2n) is 4.50. The molecule has 1 aliphatic rings. The van der Waals surface area contributed by atoms with Crippen molar-refractivity contribution < 1.29 is 5.11 Å². The van der Waals surface area contributed by atoms with Crippen LogP contribution in [0.4, 0.5) is 0 Å². The largest absolute Gasteiger partial charge is 0.388 e. The van der Waals surface area contributed by atoms with Gasteiger partial charge in [-0.05, 0) is 31.7 Å². The first-order valence-electron chi connectivity index (χ1n) is 6.09. The van der Waals surface area contributed by atoms with Crippen LogP contribution in [0.25, 0.3) is 0 Å². The highest BCUT2D eigenvalue weighted by Crippen LogP contribution is 2.33. The lowest BCUT2D eigenvalue weighted by Crippen LogP contribution is -2.15. The summed E-state index contributed by atoms with van der Waals surface area (Å²) in [5.41, 5.74) is 2.41. The molecule has 1 N–H and O–H groups in total. The Bertz CT molecular complexity index is 399. The fourth-order valence-electron chi connectivity index (χ4n) is 2.61. The Hall–Kier alpha value is -1.20. The molecule has 1 heterocycles. The van der Waals surface area contributed by atoms with Gasteiger partial charge in [-0.3, -0.25) is 0 Å². The number of aliphatic hydroxyl groups is 1. The van der Waals surface area contributed by atoms with Crippen LogP contribution < -0.4 is 0 Å². The van der Waals surface area contributed by atoms with Crippen LogP contribution in [0.3, 0.4) is 0 Å². The van der Waals surface area contributed by atoms with Gasteiger partial charge in [0.2, 0.25) is 0 Å². The molecule has 0 aromatic carbocycles. The van der Waals surface area contributed by atoms with Gasteiger partial charge in [-0.25, -0.2) is 0 Å². The van der Waals surface area contributed by atoms with Gasteiger partial charge in [0.15, 0.2) is 0 Å². The number of aromatic nitrogens is 1. The predicted octanol–water partition coefficient (Wildman–Crippen LogP) is 2.83. The normalized spacial score (nSPS) is 21.2. The smallest absolute Gasteiger partial charge is 0.0807 e. The SMILES string of the molecule is C#CCC(CC)n1ccc2c1CCCC2O. The van der Waals surface area contributed by atoms with Crippen LogP contribution in [0.5, 0.6) is 0 Å². The van der Waals surface area contributed by atoms with Gasteiger partial charge in [-0.1, -0.05) is 6.92 Å². The van der Waals surface area contributed by atoms with Crippen molar-refractivity contribution in [2.45, 2.75) is 51.2 Å². The van der Waals surface area contributed by atoms with Gasteiger partial charge in [0, 0.05) is 29.9 Å². The average molecular weight is 217 g/mol. The lowest BCUT2D eigenvalue weighted by atomic mass is 9.95. The first-order valence-corrected chi connectivity index (χ1v) is 6.09. The van der Waals surface area contributed by atoms with Crippen molar-refractivity contribution in [2.75, 3.05) is 0 Å². The molecule has 0 spiro atoms. The van der Waals surface area contributed by atoms with Crippen LogP contribution in [-0.2, 0) is 6.42 Å². The molecule has 86 valence electrons. The molecular formula is C14H19NO. The summed E-state index contributed by atoms with van der Waals surface area (Å²) in [5, 5.41) is 9.91. The predicted molar refractivity (Wildman–Crippen MR) is 65.1 cm³/mol. The Morgan fingerprint density at radius 2 is 2.50 bits per heavy atom. The molecule has 2 nitrogen and oxygen atoms in total. The number of rotatable bonds is 3. The van der Waals surface area contributed by atoms with Gasteiger partial charge in [-0.2, -0.15) is 0 Å². The maximum absolute atomic E-state index is 9.91. The first-order chi connectivity index (χ1) is 7.77. The Kier molecular flexibility index (Phi) is 3.36. The molecule has 1 aromatic heterocycles. The second-order valence-corrected chi connectivity index (χ2v) is 4.50. The summed E-state index contributed by atoms with van der Waals surface area (Å²) < 4.78 is 2.28. The Morgan fingerprint density at radius 3 is 3.19 bits per heavy atom. The molecule has 2 heteroatoms. The van der Waals surface area contributed by atoms with Gasteiger partial charge in [0.05, 0.1) is 6.10 Å². The standard InChI is InChI=1S/C14H19NO/c1-3-6-11(4-2)15-10-9-12-13(15)7-5-8-14(12)16/h1,9-11,14,16H,4-8H2,2H3. The molecule has 0 bridgehead atoms. The topological polar surface area (TPSA) is 25.2 Å². The molecule has 1 aromatic rings. The van der Waals surface area contributed by atoms with E-state index in [-0.39, 0.29) is 6.10 Å². The number of aliphatic hydroxyl groups excluding tert-OH is 1. The monoisotopic (exact) mass is 217 g/mol. The van der Waals surface area contributed by atoms with E-state index in [1.165, 1.54) is 5.69 Å². The van der Waals surface area contributed by atoms with Crippen LogP contribution in [-0.4, -0.2) is 9.67 Å². The fraction of sp³-hybridized carbons (Fsp3) is 0.571. The van der Waals surface area contributed by atoms with Crippen molar-refractivity contribution >= 4 is 0 Å². The lowest BCUT2D eigenvalue weighted by molar-refractivity contribution is 0.155. The van der Waals surface area contributed by atoms with Crippen LogP contribution in [0.2, 0.25) is 0 Å². The van der Waals surface area contributed by atoms with Gasteiger partial charge in [0.1, 0.15) is 0 Å². The first kappa shape index (κ1) is 11.3. The molecular weight excluding hydrogens is 198 g/mol. The number of terminal acetylenes is 1. The van der Waals surface area contributed by atoms with E-state index < -0.39 is 0 Å². The summed E-state index contributed by atoms with van der Waals surface area (Å²) in [4.78, 5) is 0. The molecule has 2 rings (SSSR count). The van der Waals surface area contributed by atoms with E-state index in [4.69, 9.17) is 6.42 Å². The van der Waals surface area contributed by atoms with E-state index in [2.05, 4.69) is 29.7 Å². The molecule has 0 fully saturated rings. The third-order valence-corrected chi connectivity index (χ3v) is 3.53. The highest BCUT2D eigenvalue weighted by Gasteiger charge is 2.23. The molecule has 16 heavy (non-hydrogen) atoms. The zero-order valence-corrected chi connectivity index (χ0v) is 9.82. The van der Waals surface area contributed by atoms with Gasteiger partial charge in [-0.15, -0.1) is 12.3 Å². The number of hydrogen-bond acceptors (Lipinski definition) is 1. The fourth-order valence-corrected chi connectivity index (χ4v) is 2.61. The van der Waals surface area contributed by atoms with E-state index in [1.54, 1.807) is 0 Å². The van der Waals surface area contributed by atoms with E-state index in [9.17, 15) is 5.11 Å². The number of fused-ring (bicyclic) bond motifs is 1. The third-order valence-electron chi connectivity index (χ3n) is 3.53. The summed E-state index contributed by atoms with van der Waals surface area (Å²) in [6.45, 7) is 2.16. The van der Waals surface area contributed by atoms with Gasteiger partial charge < -0.3 is 9.67 Å². The number of nitrogens with zero attached hydrogens (tertiary/aromatic N) is 1. The van der Waals surface area contributed by atoms with Crippen molar-refractivity contribution in [2.24, 2.45) is 0 Å². The quantitative estimate of drug-likeness (QED) is 0.774. The molecule has 2 unspecified atom stereocenters. The van der Waals surface area contributed by atoms with Crippen LogP contribution >= 0.6 is 0 Å². The molecule has 1 aliphatic carbocycles. The molecule has 2 atom stereocenters. The molecule has 0 radical (unpaired) electrons. The van der Waals surface area contributed by atoms with E-state index in [0.29, 0.717) is 6.04 Å². The number of hydrogen-bond donors (Lipinski definition) is 1. The van der Waals surface area contributed by atoms with Crippen molar-refractivity contribution in [3.8, 4) is 12.3 Å². The lowest BCUT2D eigenvalue weighted by Gasteiger charge is -2.23. The Balaban J connectivity index is 2.32. The molecule has 0 amide bonds. The van der Waals surface area contributed by atoms with Crippen molar-refractivity contribution in [1.29, 1.82) is 0 Å². The highest BCUT2D eigenvalue weighted by molar-refractivity contribution is 5.28. The zero-order chi connectivity index (χ0) is 11.5. The second kappa shape index (κ2) is 4.76. The Labute approximate surface area is 97.3 Å². The Morgan fingerprint density at radius 1 is 1.69 bits per heavy atom. The molecule has 0 aliphatic heterocycles. The van der Waals surface area contributed by atoms with Crippen molar-refractivity contribution in [3.63, 3.8) is 0 Å². The summed E-state index contributed by atoms with van der Waals surface area (Å²) in [5.74, 6) is 2.74. The molecule has 0 saturated carbocycles. The minimum absolute atomic E-state index is 0.270. The van der Waals surface area contributed by atoms with Gasteiger partial charge >= 0.3 is 0 Å².